The van der Waals surface area contributed by atoms with Gasteiger partial charge < -0.3 is 15.2 Å². The minimum atomic E-state index is -0.248. The van der Waals surface area contributed by atoms with Gasteiger partial charge in [0.2, 0.25) is 0 Å². The standard InChI is InChI=1S/C14H19NO3S/c1-18-10-5-6-13(16)12(8-10)14(17)15-9-11-4-2-3-7-19-11/h5-6,8,11,16H,2-4,7,9H2,1H3,(H,15,17). The second-order valence-electron chi connectivity index (χ2n) is 4.58. The molecule has 1 aromatic carbocycles. The second kappa shape index (κ2) is 6.70. The Morgan fingerprint density at radius 2 is 2.37 bits per heavy atom. The SMILES string of the molecule is COc1ccc(O)c(C(=O)NCC2CCCCS2)c1. The summed E-state index contributed by atoms with van der Waals surface area (Å²) in [4.78, 5) is 12.0. The maximum Gasteiger partial charge on any atom is 0.255 e. The zero-order chi connectivity index (χ0) is 13.7. The maximum atomic E-state index is 12.0. The normalized spacial score (nSPS) is 18.9. The van der Waals surface area contributed by atoms with Gasteiger partial charge >= 0.3 is 0 Å². The molecule has 5 heteroatoms. The lowest BCUT2D eigenvalue weighted by Gasteiger charge is -2.21. The van der Waals surface area contributed by atoms with Gasteiger partial charge in [-0.15, -0.1) is 0 Å². The average molecular weight is 281 g/mol. The molecule has 1 aromatic rings. The van der Waals surface area contributed by atoms with Crippen LogP contribution >= 0.6 is 11.8 Å². The van der Waals surface area contributed by atoms with Crippen LogP contribution < -0.4 is 10.1 Å². The largest absolute Gasteiger partial charge is 0.507 e. The third-order valence-corrected chi connectivity index (χ3v) is 4.61. The first-order chi connectivity index (χ1) is 9.20. The van der Waals surface area contributed by atoms with Gasteiger partial charge in [-0.1, -0.05) is 6.42 Å². The number of amides is 1. The number of nitrogens with one attached hydrogen (secondary N) is 1. The summed E-state index contributed by atoms with van der Waals surface area (Å²) in [7, 11) is 1.53. The summed E-state index contributed by atoms with van der Waals surface area (Å²) < 4.78 is 5.06. The summed E-state index contributed by atoms with van der Waals surface area (Å²) in [6.45, 7) is 0.653. The Balaban J connectivity index is 1.95. The number of hydrogen-bond donors (Lipinski definition) is 2. The predicted molar refractivity (Wildman–Crippen MR) is 77.1 cm³/mol. The molecule has 1 aliphatic heterocycles. The lowest BCUT2D eigenvalue weighted by molar-refractivity contribution is 0.0950. The number of aromatic hydroxyl groups is 1. The van der Waals surface area contributed by atoms with Crippen LogP contribution in [0.2, 0.25) is 0 Å². The van der Waals surface area contributed by atoms with E-state index in [1.165, 1.54) is 31.8 Å². The van der Waals surface area contributed by atoms with E-state index in [4.69, 9.17) is 4.74 Å². The molecule has 1 amide bonds. The fourth-order valence-electron chi connectivity index (χ4n) is 2.09. The Labute approximate surface area is 117 Å². The summed E-state index contributed by atoms with van der Waals surface area (Å²) in [5.74, 6) is 1.47. The van der Waals surface area contributed by atoms with E-state index in [0.29, 0.717) is 17.5 Å². The third-order valence-electron chi connectivity index (χ3n) is 3.21. The zero-order valence-electron chi connectivity index (χ0n) is 11.0. The molecule has 1 heterocycles. The lowest BCUT2D eigenvalue weighted by atomic mass is 10.1. The molecule has 1 saturated heterocycles. The molecule has 0 spiro atoms. The average Bonchev–Trinajstić information content (AvgIpc) is 2.46. The summed E-state index contributed by atoms with van der Waals surface area (Å²) in [6.07, 6.45) is 3.65. The van der Waals surface area contributed by atoms with Crippen LogP contribution in [0.5, 0.6) is 11.5 Å². The van der Waals surface area contributed by atoms with E-state index < -0.39 is 0 Å². The van der Waals surface area contributed by atoms with Crippen LogP contribution in [-0.2, 0) is 0 Å². The highest BCUT2D eigenvalue weighted by Gasteiger charge is 2.17. The molecule has 0 bridgehead atoms. The van der Waals surface area contributed by atoms with Crippen LogP contribution in [0, 0.1) is 0 Å². The van der Waals surface area contributed by atoms with Crippen molar-refractivity contribution in [1.29, 1.82) is 0 Å². The fraction of sp³-hybridized carbons (Fsp3) is 0.500. The molecule has 1 unspecified atom stereocenters. The van der Waals surface area contributed by atoms with Crippen LogP contribution in [0.1, 0.15) is 29.6 Å². The van der Waals surface area contributed by atoms with E-state index in [9.17, 15) is 9.90 Å². The molecular weight excluding hydrogens is 262 g/mol. The number of phenolic OH excluding ortho intramolecular Hbond substituents is 1. The van der Waals surface area contributed by atoms with Gasteiger partial charge in [0, 0.05) is 11.8 Å². The molecule has 0 saturated carbocycles. The quantitative estimate of drug-likeness (QED) is 0.890. The molecule has 104 valence electrons. The number of methoxy groups -OCH3 is 1. The van der Waals surface area contributed by atoms with E-state index in [-0.39, 0.29) is 17.2 Å². The highest BCUT2D eigenvalue weighted by molar-refractivity contribution is 7.99. The maximum absolute atomic E-state index is 12.0. The number of carbonyl (C=O) groups is 1. The van der Waals surface area contributed by atoms with Crippen molar-refractivity contribution in [3.05, 3.63) is 23.8 Å². The number of hydrogen-bond acceptors (Lipinski definition) is 4. The minimum absolute atomic E-state index is 0.0189. The molecule has 0 aliphatic carbocycles. The van der Waals surface area contributed by atoms with Gasteiger partial charge in [-0.05, 0) is 36.8 Å². The van der Waals surface area contributed by atoms with Crippen molar-refractivity contribution in [3.8, 4) is 11.5 Å². The van der Waals surface area contributed by atoms with E-state index >= 15 is 0 Å². The molecular formula is C14H19NO3S. The Hall–Kier alpha value is -1.36. The first-order valence-electron chi connectivity index (χ1n) is 6.47. The Morgan fingerprint density at radius 1 is 1.53 bits per heavy atom. The Bertz CT molecular complexity index is 444. The van der Waals surface area contributed by atoms with Crippen LogP contribution in [0.15, 0.2) is 18.2 Å². The summed E-state index contributed by atoms with van der Waals surface area (Å²) in [6, 6.07) is 4.66. The minimum Gasteiger partial charge on any atom is -0.507 e. The fourth-order valence-corrected chi connectivity index (χ4v) is 3.33. The number of ether oxygens (including phenoxy) is 1. The van der Waals surface area contributed by atoms with Crippen molar-refractivity contribution in [3.63, 3.8) is 0 Å². The molecule has 19 heavy (non-hydrogen) atoms. The summed E-state index contributed by atoms with van der Waals surface area (Å²) in [5, 5.41) is 13.1. The number of thioether (sulfide) groups is 1. The van der Waals surface area contributed by atoms with Crippen molar-refractivity contribution >= 4 is 17.7 Å². The van der Waals surface area contributed by atoms with Crippen LogP contribution in [-0.4, -0.2) is 35.7 Å². The zero-order valence-corrected chi connectivity index (χ0v) is 11.8. The Kier molecular flexibility index (Phi) is 4.96. The van der Waals surface area contributed by atoms with Gasteiger partial charge in [0.1, 0.15) is 11.5 Å². The number of carbonyl (C=O) groups excluding carboxylic acids is 1. The van der Waals surface area contributed by atoms with Crippen molar-refractivity contribution in [2.45, 2.75) is 24.5 Å². The highest BCUT2D eigenvalue weighted by atomic mass is 32.2. The van der Waals surface area contributed by atoms with Gasteiger partial charge in [-0.2, -0.15) is 11.8 Å². The van der Waals surface area contributed by atoms with Gasteiger partial charge in [-0.25, -0.2) is 0 Å². The second-order valence-corrected chi connectivity index (χ2v) is 5.99. The molecule has 0 aromatic heterocycles. The molecule has 2 N–H and O–H groups in total. The van der Waals surface area contributed by atoms with E-state index in [0.717, 1.165) is 6.42 Å². The first kappa shape index (κ1) is 14.1. The van der Waals surface area contributed by atoms with Crippen molar-refractivity contribution in [2.24, 2.45) is 0 Å². The number of phenols is 1. The molecule has 4 nitrogen and oxygen atoms in total. The highest BCUT2D eigenvalue weighted by Crippen LogP contribution is 2.25. The van der Waals surface area contributed by atoms with E-state index in [1.807, 2.05) is 11.8 Å². The molecule has 1 atom stereocenters. The van der Waals surface area contributed by atoms with Crippen molar-refractivity contribution in [1.82, 2.24) is 5.32 Å². The smallest absolute Gasteiger partial charge is 0.255 e. The molecule has 0 radical (unpaired) electrons. The van der Waals surface area contributed by atoms with Gasteiger partial charge in [0.15, 0.2) is 0 Å². The third kappa shape index (κ3) is 3.80. The van der Waals surface area contributed by atoms with E-state index in [1.54, 1.807) is 12.1 Å². The van der Waals surface area contributed by atoms with Crippen LogP contribution in [0.3, 0.4) is 0 Å². The topological polar surface area (TPSA) is 58.6 Å². The Morgan fingerprint density at radius 3 is 3.05 bits per heavy atom. The van der Waals surface area contributed by atoms with Gasteiger partial charge in [0.25, 0.3) is 5.91 Å². The number of benzene rings is 1. The van der Waals surface area contributed by atoms with Crippen molar-refractivity contribution < 1.29 is 14.6 Å². The van der Waals surface area contributed by atoms with Crippen molar-refractivity contribution in [2.75, 3.05) is 19.4 Å². The monoisotopic (exact) mass is 281 g/mol. The summed E-state index contributed by atoms with van der Waals surface area (Å²) in [5.41, 5.74) is 0.264. The van der Waals surface area contributed by atoms with Gasteiger partial charge in [0.05, 0.1) is 12.7 Å². The van der Waals surface area contributed by atoms with Crippen LogP contribution in [0.25, 0.3) is 0 Å². The molecule has 2 rings (SSSR count). The van der Waals surface area contributed by atoms with E-state index in [2.05, 4.69) is 5.32 Å². The number of rotatable bonds is 4. The predicted octanol–water partition coefficient (Wildman–Crippen LogP) is 2.42. The summed E-state index contributed by atoms with van der Waals surface area (Å²) >= 11 is 1.91. The first-order valence-corrected chi connectivity index (χ1v) is 7.52. The van der Waals surface area contributed by atoms with Crippen LogP contribution in [0.4, 0.5) is 0 Å². The molecule has 1 fully saturated rings. The lowest BCUT2D eigenvalue weighted by Crippen LogP contribution is -2.31. The molecule has 1 aliphatic rings. The van der Waals surface area contributed by atoms with Gasteiger partial charge in [-0.3, -0.25) is 4.79 Å².